The second-order valence-electron chi connectivity index (χ2n) is 4.95. The number of carbonyl (C=O) groups excluding carboxylic acids is 2. The molecule has 0 saturated carbocycles. The molecule has 0 saturated heterocycles. The molecule has 9 heteroatoms. The normalized spacial score (nSPS) is 12.5. The number of amides is 2. The van der Waals surface area contributed by atoms with Gasteiger partial charge in [-0.25, -0.2) is 4.79 Å². The number of rotatable bonds is 9. The Kier molecular flexibility index (Phi) is 7.76. The summed E-state index contributed by atoms with van der Waals surface area (Å²) in [6.45, 7) is 0.373. The number of nitrogens with zero attached hydrogens (tertiary/aromatic N) is 1. The summed E-state index contributed by atoms with van der Waals surface area (Å²) in [6.07, 6.45) is 0.739. The lowest BCUT2D eigenvalue weighted by atomic mass is 10.1. The van der Waals surface area contributed by atoms with Gasteiger partial charge in [-0.1, -0.05) is 12.1 Å². The van der Waals surface area contributed by atoms with E-state index < -0.39 is 23.8 Å². The number of amidine groups is 1. The first-order valence-electron chi connectivity index (χ1n) is 7.19. The third kappa shape index (κ3) is 5.92. The van der Waals surface area contributed by atoms with E-state index in [4.69, 9.17) is 16.6 Å². The first-order valence-corrected chi connectivity index (χ1v) is 7.82. The molecule has 0 aliphatic carbocycles. The van der Waals surface area contributed by atoms with Crippen molar-refractivity contribution in [3.8, 4) is 0 Å². The Hall–Kier alpha value is -2.55. The Balaban J connectivity index is 2.74. The zero-order valence-electron chi connectivity index (χ0n) is 12.9. The highest BCUT2D eigenvalue weighted by atomic mass is 32.1. The van der Waals surface area contributed by atoms with Gasteiger partial charge in [0.15, 0.2) is 0 Å². The number of nitrogens with two attached hydrogens (primary N) is 2. The maximum Gasteiger partial charge on any atom is 0.336 e. The standard InChI is InChI=1S/C15H20N4O4S/c16-12(8-24)18-7-3-6-11(13(17)20)19-14(21)9-4-1-2-5-10(9)15(22)23/h1-2,4-5,11,24H,3,6-8H2,(H2,16,18)(H2,17,20)(H,19,21)(H,22,23)/t11-/m0/s1. The van der Waals surface area contributed by atoms with Crippen molar-refractivity contribution < 1.29 is 19.5 Å². The van der Waals surface area contributed by atoms with Crippen molar-refractivity contribution in [2.24, 2.45) is 16.5 Å². The molecule has 24 heavy (non-hydrogen) atoms. The van der Waals surface area contributed by atoms with Crippen molar-refractivity contribution in [2.45, 2.75) is 18.9 Å². The molecule has 0 radical (unpaired) electrons. The van der Waals surface area contributed by atoms with E-state index in [2.05, 4.69) is 22.9 Å². The molecule has 0 unspecified atom stereocenters. The number of aliphatic imine (C=N–C) groups is 1. The molecule has 0 spiro atoms. The molecule has 2 amide bonds. The number of hydrogen-bond donors (Lipinski definition) is 5. The Morgan fingerprint density at radius 2 is 1.83 bits per heavy atom. The van der Waals surface area contributed by atoms with E-state index in [9.17, 15) is 14.4 Å². The lowest BCUT2D eigenvalue weighted by Crippen LogP contribution is -2.44. The molecule has 1 atom stereocenters. The lowest BCUT2D eigenvalue weighted by molar-refractivity contribution is -0.120. The highest BCUT2D eigenvalue weighted by Crippen LogP contribution is 2.10. The molecule has 0 aromatic heterocycles. The lowest BCUT2D eigenvalue weighted by Gasteiger charge is -2.16. The molecule has 1 aromatic rings. The smallest absolute Gasteiger partial charge is 0.336 e. The van der Waals surface area contributed by atoms with Crippen molar-refractivity contribution in [2.75, 3.05) is 12.3 Å². The minimum Gasteiger partial charge on any atom is -0.478 e. The van der Waals surface area contributed by atoms with Crippen molar-refractivity contribution in [3.63, 3.8) is 0 Å². The van der Waals surface area contributed by atoms with Crippen molar-refractivity contribution in [1.82, 2.24) is 5.32 Å². The number of carboxylic acid groups (broad SMARTS) is 1. The van der Waals surface area contributed by atoms with Gasteiger partial charge >= 0.3 is 5.97 Å². The van der Waals surface area contributed by atoms with Gasteiger partial charge in [0, 0.05) is 12.3 Å². The fraction of sp³-hybridized carbons (Fsp3) is 0.333. The van der Waals surface area contributed by atoms with Crippen molar-refractivity contribution >= 4 is 36.2 Å². The minimum absolute atomic E-state index is 0.0337. The van der Waals surface area contributed by atoms with Gasteiger partial charge in [0.1, 0.15) is 11.9 Å². The fourth-order valence-electron chi connectivity index (χ4n) is 1.96. The number of aromatic carboxylic acids is 1. The average Bonchev–Trinajstić information content (AvgIpc) is 2.56. The number of hydrogen-bond acceptors (Lipinski definition) is 5. The van der Waals surface area contributed by atoms with Crippen molar-refractivity contribution in [3.05, 3.63) is 35.4 Å². The third-order valence-corrected chi connectivity index (χ3v) is 3.50. The van der Waals surface area contributed by atoms with Gasteiger partial charge in [0.2, 0.25) is 5.91 Å². The van der Waals surface area contributed by atoms with Crippen LogP contribution in [0.3, 0.4) is 0 Å². The highest BCUT2D eigenvalue weighted by molar-refractivity contribution is 7.81. The molecule has 130 valence electrons. The van der Waals surface area contributed by atoms with Crippen LogP contribution in [0.15, 0.2) is 29.3 Å². The maximum atomic E-state index is 12.2. The Labute approximate surface area is 144 Å². The van der Waals surface area contributed by atoms with E-state index in [1.807, 2.05) is 0 Å². The summed E-state index contributed by atoms with van der Waals surface area (Å²) in [5.41, 5.74) is 10.6. The first kappa shape index (κ1) is 19.5. The fourth-order valence-corrected chi connectivity index (χ4v) is 2.06. The van der Waals surface area contributed by atoms with Crippen LogP contribution in [0.2, 0.25) is 0 Å². The van der Waals surface area contributed by atoms with Gasteiger partial charge in [0.25, 0.3) is 5.91 Å². The van der Waals surface area contributed by atoms with Crippen LogP contribution in [-0.4, -0.2) is 47.1 Å². The topological polar surface area (TPSA) is 148 Å². The minimum atomic E-state index is -1.23. The average molecular weight is 352 g/mol. The van der Waals surface area contributed by atoms with Crippen LogP contribution in [0.1, 0.15) is 33.6 Å². The molecule has 8 nitrogen and oxygen atoms in total. The van der Waals surface area contributed by atoms with E-state index >= 15 is 0 Å². The summed E-state index contributed by atoms with van der Waals surface area (Å²) in [5.74, 6) is -1.89. The number of primary amides is 1. The molecule has 0 aliphatic heterocycles. The summed E-state index contributed by atoms with van der Waals surface area (Å²) in [4.78, 5) is 38.9. The maximum absolute atomic E-state index is 12.2. The Bertz CT molecular complexity index is 648. The number of nitrogens with one attached hydrogen (secondary N) is 1. The number of thiol groups is 1. The summed E-state index contributed by atoms with van der Waals surface area (Å²) in [5, 5.41) is 11.6. The SMILES string of the molecule is NC(=O)[C@H](CCCN=C(N)CS)NC(=O)c1ccccc1C(=O)O. The predicted octanol–water partition coefficient (Wildman–Crippen LogP) is 0.0357. The summed E-state index contributed by atoms with van der Waals surface area (Å²) >= 11 is 3.97. The van der Waals surface area contributed by atoms with Crippen molar-refractivity contribution in [1.29, 1.82) is 0 Å². The van der Waals surface area contributed by atoms with E-state index in [0.29, 0.717) is 24.6 Å². The molecule has 1 rings (SSSR count). The zero-order chi connectivity index (χ0) is 18.1. The van der Waals surface area contributed by atoms with Gasteiger partial charge in [-0.2, -0.15) is 12.6 Å². The van der Waals surface area contributed by atoms with Crippen LogP contribution in [0.5, 0.6) is 0 Å². The Morgan fingerprint density at radius 3 is 2.38 bits per heavy atom. The van der Waals surface area contributed by atoms with Gasteiger partial charge in [-0.15, -0.1) is 0 Å². The Morgan fingerprint density at radius 1 is 1.21 bits per heavy atom. The van der Waals surface area contributed by atoms with Crippen LogP contribution >= 0.6 is 12.6 Å². The van der Waals surface area contributed by atoms with Crippen LogP contribution in [-0.2, 0) is 4.79 Å². The second kappa shape index (κ2) is 9.56. The van der Waals surface area contributed by atoms with Crippen LogP contribution < -0.4 is 16.8 Å². The molecule has 6 N–H and O–H groups in total. The second-order valence-corrected chi connectivity index (χ2v) is 5.27. The van der Waals surface area contributed by atoms with Gasteiger partial charge in [0.05, 0.1) is 11.1 Å². The summed E-state index contributed by atoms with van der Waals surface area (Å²) in [7, 11) is 0. The number of carbonyl (C=O) groups is 3. The van der Waals surface area contributed by atoms with E-state index in [-0.39, 0.29) is 17.5 Å². The summed E-state index contributed by atoms with van der Waals surface area (Å²) < 4.78 is 0. The molecule has 0 fully saturated rings. The third-order valence-electron chi connectivity index (χ3n) is 3.18. The molecule has 0 aliphatic rings. The van der Waals surface area contributed by atoms with E-state index in [1.165, 1.54) is 24.3 Å². The van der Waals surface area contributed by atoms with Crippen LogP contribution in [0.4, 0.5) is 0 Å². The molecule has 1 aromatic carbocycles. The predicted molar refractivity (Wildman–Crippen MR) is 93.4 cm³/mol. The van der Waals surface area contributed by atoms with Gasteiger partial charge in [-0.3, -0.25) is 14.6 Å². The van der Waals surface area contributed by atoms with E-state index in [0.717, 1.165) is 0 Å². The number of benzene rings is 1. The largest absolute Gasteiger partial charge is 0.478 e. The first-order chi connectivity index (χ1) is 11.4. The molecule has 0 heterocycles. The quantitative estimate of drug-likeness (QED) is 0.184. The van der Waals surface area contributed by atoms with Crippen LogP contribution in [0.25, 0.3) is 0 Å². The van der Waals surface area contributed by atoms with Crippen LogP contribution in [0, 0.1) is 0 Å². The zero-order valence-corrected chi connectivity index (χ0v) is 13.8. The molecule has 0 bridgehead atoms. The monoisotopic (exact) mass is 352 g/mol. The van der Waals surface area contributed by atoms with Gasteiger partial charge < -0.3 is 21.9 Å². The highest BCUT2D eigenvalue weighted by Gasteiger charge is 2.21. The molecular formula is C15H20N4O4S. The van der Waals surface area contributed by atoms with Gasteiger partial charge in [-0.05, 0) is 25.0 Å². The molecular weight excluding hydrogens is 332 g/mol. The summed E-state index contributed by atoms with van der Waals surface area (Å²) in [6, 6.07) is 4.80. The van der Waals surface area contributed by atoms with E-state index in [1.54, 1.807) is 0 Å². The number of carboxylic acids is 1.